The summed E-state index contributed by atoms with van der Waals surface area (Å²) >= 11 is 0. The van der Waals surface area contributed by atoms with Gasteiger partial charge in [-0.25, -0.2) is 0 Å². The maximum absolute atomic E-state index is 11.6. The normalized spacial score (nSPS) is 9.67. The van der Waals surface area contributed by atoms with Crippen LogP contribution in [0.25, 0.3) is 0 Å². The quantitative estimate of drug-likeness (QED) is 0.366. The van der Waals surface area contributed by atoms with Gasteiger partial charge in [0.05, 0.1) is 0 Å². The number of hydrogen-bond donors (Lipinski definition) is 0. The van der Waals surface area contributed by atoms with Crippen LogP contribution in [0.3, 0.4) is 0 Å². The fourth-order valence-corrected chi connectivity index (χ4v) is 1.93. The van der Waals surface area contributed by atoms with Crippen LogP contribution in [0.2, 0.25) is 0 Å². The van der Waals surface area contributed by atoms with Crippen molar-refractivity contribution in [1.29, 1.82) is 0 Å². The summed E-state index contributed by atoms with van der Waals surface area (Å²) in [5.41, 5.74) is 0. The highest BCUT2D eigenvalue weighted by atomic mass is 16.1. The van der Waals surface area contributed by atoms with Gasteiger partial charge in [0.1, 0.15) is 5.78 Å². The van der Waals surface area contributed by atoms with Crippen molar-refractivity contribution in [1.82, 2.24) is 0 Å². The van der Waals surface area contributed by atoms with Crippen molar-refractivity contribution in [3.63, 3.8) is 0 Å². The Labute approximate surface area is 113 Å². The molecular formula is C17H26O. The van der Waals surface area contributed by atoms with E-state index < -0.39 is 0 Å². The number of Topliss-reactive ketones (excluding diaryl/α,β-unsaturated/α-hetero) is 1. The fourth-order valence-electron chi connectivity index (χ4n) is 1.93. The molecule has 0 rings (SSSR count). The van der Waals surface area contributed by atoms with Crippen LogP contribution in [0.4, 0.5) is 0 Å². The summed E-state index contributed by atoms with van der Waals surface area (Å²) in [5, 5.41) is 0. The number of carbonyl (C=O) groups is 1. The highest BCUT2D eigenvalue weighted by molar-refractivity contribution is 5.78. The zero-order valence-corrected chi connectivity index (χ0v) is 11.5. The molecule has 0 aromatic rings. The topological polar surface area (TPSA) is 17.1 Å². The van der Waals surface area contributed by atoms with E-state index in [2.05, 4.69) is 11.8 Å². The molecule has 0 saturated heterocycles. The van der Waals surface area contributed by atoms with Gasteiger partial charge in [0.15, 0.2) is 0 Å². The van der Waals surface area contributed by atoms with Gasteiger partial charge in [0.2, 0.25) is 0 Å². The molecule has 0 spiro atoms. The van der Waals surface area contributed by atoms with Gasteiger partial charge >= 0.3 is 0 Å². The van der Waals surface area contributed by atoms with E-state index in [0.717, 1.165) is 77.0 Å². The molecule has 100 valence electrons. The monoisotopic (exact) mass is 246 g/mol. The largest absolute Gasteiger partial charge is 0.300 e. The molecule has 0 saturated carbocycles. The van der Waals surface area contributed by atoms with Crippen LogP contribution >= 0.6 is 0 Å². The van der Waals surface area contributed by atoms with E-state index in [-0.39, 0.29) is 0 Å². The molecule has 1 nitrogen and oxygen atoms in total. The molecule has 1 heteroatoms. The second-order valence-electron chi connectivity index (χ2n) is 4.78. The predicted octanol–water partition coefficient (Wildman–Crippen LogP) is 4.50. The lowest BCUT2D eigenvalue weighted by atomic mass is 10.0. The third kappa shape index (κ3) is 12.9. The molecule has 0 radical (unpaired) electrons. The van der Waals surface area contributed by atoms with Crippen molar-refractivity contribution >= 4 is 5.78 Å². The Bertz CT molecular complexity index is 249. The highest BCUT2D eigenvalue weighted by Gasteiger charge is 2.01. The van der Waals surface area contributed by atoms with E-state index in [9.17, 15) is 4.79 Å². The molecule has 0 aromatic heterocycles. The van der Waals surface area contributed by atoms with E-state index in [1.165, 1.54) is 0 Å². The lowest BCUT2D eigenvalue weighted by Crippen LogP contribution is -1.97. The summed E-state index contributed by atoms with van der Waals surface area (Å²) in [7, 11) is 0. The van der Waals surface area contributed by atoms with Gasteiger partial charge in [-0.15, -0.1) is 24.7 Å². The standard InChI is InChI=1S/C17H26O/c1-3-5-7-9-11-13-15-17(18)16-14-12-10-8-6-4-2/h1-2H,5-16H2. The van der Waals surface area contributed by atoms with Gasteiger partial charge in [0, 0.05) is 25.7 Å². The molecule has 0 fully saturated rings. The minimum Gasteiger partial charge on any atom is -0.300 e. The molecule has 0 aromatic carbocycles. The van der Waals surface area contributed by atoms with Gasteiger partial charge in [0.25, 0.3) is 0 Å². The third-order valence-electron chi connectivity index (χ3n) is 3.05. The molecule has 0 amide bonds. The number of rotatable bonds is 12. The van der Waals surface area contributed by atoms with Crippen LogP contribution in [0, 0.1) is 24.7 Å². The van der Waals surface area contributed by atoms with Crippen LogP contribution < -0.4 is 0 Å². The van der Waals surface area contributed by atoms with E-state index >= 15 is 0 Å². The number of carbonyl (C=O) groups excluding carboxylic acids is 1. The Morgan fingerprint density at radius 1 is 0.667 bits per heavy atom. The van der Waals surface area contributed by atoms with Crippen LogP contribution in [0.15, 0.2) is 0 Å². The zero-order chi connectivity index (χ0) is 13.5. The summed E-state index contributed by atoms with van der Waals surface area (Å²) < 4.78 is 0. The molecule has 0 N–H and O–H groups in total. The van der Waals surface area contributed by atoms with Crippen LogP contribution in [-0.2, 0) is 4.79 Å². The number of unbranched alkanes of at least 4 members (excludes halogenated alkanes) is 8. The first-order valence-electron chi connectivity index (χ1n) is 7.20. The number of ketones is 1. The van der Waals surface area contributed by atoms with Crippen LogP contribution in [0.5, 0.6) is 0 Å². The van der Waals surface area contributed by atoms with E-state index in [0.29, 0.717) is 5.78 Å². The summed E-state index contributed by atoms with van der Waals surface area (Å²) in [6, 6.07) is 0. The average molecular weight is 246 g/mol. The first-order valence-corrected chi connectivity index (χ1v) is 7.20. The lowest BCUT2D eigenvalue weighted by molar-refractivity contribution is -0.119. The summed E-state index contributed by atoms with van der Waals surface area (Å²) in [4.78, 5) is 11.6. The fraction of sp³-hybridized carbons (Fsp3) is 0.706. The highest BCUT2D eigenvalue weighted by Crippen LogP contribution is 2.10. The minimum absolute atomic E-state index is 0.420. The Morgan fingerprint density at radius 3 is 1.44 bits per heavy atom. The Balaban J connectivity index is 3.18. The van der Waals surface area contributed by atoms with Crippen molar-refractivity contribution in [2.45, 2.75) is 77.0 Å². The summed E-state index contributed by atoms with van der Waals surface area (Å²) in [6.45, 7) is 0. The van der Waals surface area contributed by atoms with Gasteiger partial charge < -0.3 is 0 Å². The Kier molecular flexibility index (Phi) is 12.9. The first kappa shape index (κ1) is 16.8. The van der Waals surface area contributed by atoms with Gasteiger partial charge in [-0.05, 0) is 25.7 Å². The van der Waals surface area contributed by atoms with E-state index in [1.807, 2.05) is 0 Å². The van der Waals surface area contributed by atoms with Crippen molar-refractivity contribution in [3.05, 3.63) is 0 Å². The molecule has 0 heterocycles. The molecule has 0 aliphatic rings. The second kappa shape index (κ2) is 13.9. The molecule has 0 aliphatic carbocycles. The molecule has 0 unspecified atom stereocenters. The van der Waals surface area contributed by atoms with Crippen LogP contribution in [0.1, 0.15) is 77.0 Å². The molecule has 0 atom stereocenters. The average Bonchev–Trinajstić information content (AvgIpc) is 2.38. The summed E-state index contributed by atoms with van der Waals surface area (Å²) in [6.07, 6.45) is 22.4. The summed E-state index contributed by atoms with van der Waals surface area (Å²) in [5.74, 6) is 5.69. The van der Waals surface area contributed by atoms with Crippen molar-refractivity contribution in [2.75, 3.05) is 0 Å². The number of hydrogen-bond acceptors (Lipinski definition) is 1. The molecule has 0 bridgehead atoms. The SMILES string of the molecule is C#CCCCCCCC(=O)CCCCCCC#C. The minimum atomic E-state index is 0.420. The maximum Gasteiger partial charge on any atom is 0.132 e. The van der Waals surface area contributed by atoms with Gasteiger partial charge in [-0.3, -0.25) is 4.79 Å². The molecular weight excluding hydrogens is 220 g/mol. The zero-order valence-electron chi connectivity index (χ0n) is 11.5. The smallest absolute Gasteiger partial charge is 0.132 e. The van der Waals surface area contributed by atoms with Crippen molar-refractivity contribution < 1.29 is 4.79 Å². The molecule has 0 aliphatic heterocycles. The lowest BCUT2D eigenvalue weighted by Gasteiger charge is -2.01. The second-order valence-corrected chi connectivity index (χ2v) is 4.78. The van der Waals surface area contributed by atoms with E-state index in [4.69, 9.17) is 12.8 Å². The predicted molar refractivity (Wildman–Crippen MR) is 78.1 cm³/mol. The number of terminal acetylenes is 2. The molecule has 18 heavy (non-hydrogen) atoms. The van der Waals surface area contributed by atoms with Gasteiger partial charge in [-0.1, -0.05) is 25.7 Å². The maximum atomic E-state index is 11.6. The Hall–Kier alpha value is -1.21. The van der Waals surface area contributed by atoms with Crippen molar-refractivity contribution in [3.8, 4) is 24.7 Å². The van der Waals surface area contributed by atoms with Crippen molar-refractivity contribution in [2.24, 2.45) is 0 Å². The van der Waals surface area contributed by atoms with E-state index in [1.54, 1.807) is 0 Å². The third-order valence-corrected chi connectivity index (χ3v) is 3.05. The van der Waals surface area contributed by atoms with Crippen LogP contribution in [-0.4, -0.2) is 5.78 Å². The Morgan fingerprint density at radius 2 is 1.06 bits per heavy atom. The first-order chi connectivity index (χ1) is 8.81. The van der Waals surface area contributed by atoms with Gasteiger partial charge in [-0.2, -0.15) is 0 Å².